The highest BCUT2D eigenvalue weighted by Gasteiger charge is 2.30. The van der Waals surface area contributed by atoms with E-state index >= 15 is 0 Å². The molecule has 1 heterocycles. The number of hydrogen-bond donors (Lipinski definition) is 3. The van der Waals surface area contributed by atoms with Gasteiger partial charge in [0, 0.05) is 18.0 Å². The summed E-state index contributed by atoms with van der Waals surface area (Å²) in [4.78, 5) is 42.6. The van der Waals surface area contributed by atoms with Crippen molar-refractivity contribution in [2.24, 2.45) is 11.7 Å². The molecule has 1 saturated carbocycles. The van der Waals surface area contributed by atoms with Gasteiger partial charge in [0.1, 0.15) is 0 Å². The van der Waals surface area contributed by atoms with E-state index in [-0.39, 0.29) is 35.2 Å². The van der Waals surface area contributed by atoms with Crippen LogP contribution in [0.2, 0.25) is 0 Å². The van der Waals surface area contributed by atoms with Crippen molar-refractivity contribution in [2.45, 2.75) is 57.4 Å². The first kappa shape index (κ1) is 28.9. The average Bonchev–Trinajstić information content (AvgIpc) is 3.68. The van der Waals surface area contributed by atoms with E-state index in [1.165, 1.54) is 0 Å². The molecule has 0 aliphatic heterocycles. The Hall–Kier alpha value is -4.11. The number of Topliss-reactive ketones (excluding diaryl/α,β-unsaturated/α-hetero) is 1. The lowest BCUT2D eigenvalue weighted by molar-refractivity contribution is -0.125. The molecule has 2 aromatic carbocycles. The minimum absolute atomic E-state index is 0.0403. The fraction of sp³-hybridized carbons (Fsp3) is 0.387. The second kappa shape index (κ2) is 14.9. The molecule has 2 amide bonds. The Balaban J connectivity index is 1.30. The third-order valence-electron chi connectivity index (χ3n) is 7.06. The molecule has 0 radical (unpaired) electrons. The summed E-state index contributed by atoms with van der Waals surface area (Å²) >= 11 is 0. The van der Waals surface area contributed by atoms with E-state index in [4.69, 9.17) is 10.3 Å². The van der Waals surface area contributed by atoms with Crippen LogP contribution in [0.15, 0.2) is 65.2 Å². The third kappa shape index (κ3) is 8.44. The predicted octanol–water partition coefficient (Wildman–Crippen LogP) is 4.09. The van der Waals surface area contributed by atoms with Crippen LogP contribution in [0.3, 0.4) is 0 Å². The first-order valence-corrected chi connectivity index (χ1v) is 14.0. The molecule has 1 atom stereocenters. The monoisotopic (exact) mass is 543 g/mol. The second-order valence-corrected chi connectivity index (χ2v) is 10.1. The van der Waals surface area contributed by atoms with Crippen molar-refractivity contribution >= 4 is 23.7 Å². The summed E-state index contributed by atoms with van der Waals surface area (Å²) in [6.45, 7) is 0.943. The Morgan fingerprint density at radius 2 is 1.77 bits per heavy atom. The van der Waals surface area contributed by atoms with E-state index in [0.29, 0.717) is 37.9 Å². The molecule has 4 rings (SSSR count). The predicted molar refractivity (Wildman–Crippen MR) is 152 cm³/mol. The zero-order valence-electron chi connectivity index (χ0n) is 22.7. The van der Waals surface area contributed by atoms with Crippen molar-refractivity contribution in [1.29, 1.82) is 0 Å². The Bertz CT molecular complexity index is 1280. The Morgan fingerprint density at radius 3 is 2.50 bits per heavy atom. The van der Waals surface area contributed by atoms with Gasteiger partial charge in [-0.3, -0.25) is 14.4 Å². The number of nitrogens with two attached hydrogens (primary N) is 1. The molecular weight excluding hydrogens is 506 g/mol. The molecule has 9 nitrogen and oxygen atoms in total. The SMILES string of the molecule is NCCCCC(NC(=O)C1CCCC1)C(=O)c1noc(Cc2ccc(C(=O)NCC=Cc3ccccc3)cc2)n1. The lowest BCUT2D eigenvalue weighted by Crippen LogP contribution is -2.43. The number of carbonyl (C=O) groups is 3. The smallest absolute Gasteiger partial charge is 0.251 e. The topological polar surface area (TPSA) is 140 Å². The lowest BCUT2D eigenvalue weighted by Gasteiger charge is -2.18. The quantitative estimate of drug-likeness (QED) is 0.205. The maximum Gasteiger partial charge on any atom is 0.251 e. The molecule has 0 bridgehead atoms. The lowest BCUT2D eigenvalue weighted by atomic mass is 10.0. The van der Waals surface area contributed by atoms with Crippen molar-refractivity contribution < 1.29 is 18.9 Å². The van der Waals surface area contributed by atoms with Gasteiger partial charge in [0.2, 0.25) is 23.4 Å². The number of hydrogen-bond acceptors (Lipinski definition) is 7. The molecule has 210 valence electrons. The number of carbonyl (C=O) groups excluding carboxylic acids is 3. The van der Waals surface area contributed by atoms with Crippen LogP contribution in [-0.2, 0) is 11.2 Å². The summed E-state index contributed by atoms with van der Waals surface area (Å²) in [6.07, 6.45) is 9.91. The van der Waals surface area contributed by atoms with E-state index in [0.717, 1.165) is 43.2 Å². The van der Waals surface area contributed by atoms with E-state index in [1.54, 1.807) is 12.1 Å². The number of ketones is 1. The van der Waals surface area contributed by atoms with Crippen LogP contribution in [0.4, 0.5) is 0 Å². The molecule has 1 aliphatic carbocycles. The van der Waals surface area contributed by atoms with E-state index in [1.807, 2.05) is 54.6 Å². The van der Waals surface area contributed by atoms with Gasteiger partial charge in [-0.1, -0.05) is 72.6 Å². The molecule has 1 unspecified atom stereocenters. The van der Waals surface area contributed by atoms with Crippen LogP contribution in [-0.4, -0.2) is 46.9 Å². The van der Waals surface area contributed by atoms with Gasteiger partial charge in [-0.15, -0.1) is 0 Å². The van der Waals surface area contributed by atoms with Gasteiger partial charge in [-0.25, -0.2) is 0 Å². The highest BCUT2D eigenvalue weighted by atomic mass is 16.5. The minimum atomic E-state index is -0.703. The fourth-order valence-electron chi connectivity index (χ4n) is 4.78. The maximum atomic E-state index is 13.2. The number of aromatic nitrogens is 2. The summed E-state index contributed by atoms with van der Waals surface area (Å²) in [5.41, 5.74) is 8.08. The first-order valence-electron chi connectivity index (χ1n) is 14.0. The highest BCUT2D eigenvalue weighted by Crippen LogP contribution is 2.25. The molecule has 1 fully saturated rings. The summed E-state index contributed by atoms with van der Waals surface area (Å²) in [5.74, 6) is -0.402. The van der Waals surface area contributed by atoms with E-state index < -0.39 is 6.04 Å². The molecule has 4 N–H and O–H groups in total. The summed E-state index contributed by atoms with van der Waals surface area (Å²) in [7, 11) is 0. The van der Waals surface area contributed by atoms with Crippen molar-refractivity contribution in [3.05, 3.63) is 89.1 Å². The number of amides is 2. The van der Waals surface area contributed by atoms with Crippen molar-refractivity contribution in [1.82, 2.24) is 20.8 Å². The molecule has 40 heavy (non-hydrogen) atoms. The van der Waals surface area contributed by atoms with E-state index in [2.05, 4.69) is 20.8 Å². The number of unbranched alkanes of at least 4 members (excludes halogenated alkanes) is 1. The van der Waals surface area contributed by atoms with Crippen molar-refractivity contribution in [3.63, 3.8) is 0 Å². The van der Waals surface area contributed by atoms with Crippen LogP contribution in [0.5, 0.6) is 0 Å². The molecule has 9 heteroatoms. The molecule has 3 aromatic rings. The number of rotatable bonds is 14. The zero-order valence-corrected chi connectivity index (χ0v) is 22.7. The Morgan fingerprint density at radius 1 is 1.02 bits per heavy atom. The van der Waals surface area contributed by atoms with Gasteiger partial charge in [0.15, 0.2) is 0 Å². The number of nitrogens with one attached hydrogen (secondary N) is 2. The second-order valence-electron chi connectivity index (χ2n) is 10.1. The third-order valence-corrected chi connectivity index (χ3v) is 7.06. The van der Waals surface area contributed by atoms with Crippen LogP contribution >= 0.6 is 0 Å². The highest BCUT2D eigenvalue weighted by molar-refractivity contribution is 5.99. The van der Waals surface area contributed by atoms with E-state index in [9.17, 15) is 14.4 Å². The summed E-state index contributed by atoms with van der Waals surface area (Å²) in [5, 5.41) is 9.69. The van der Waals surface area contributed by atoms with Gasteiger partial charge in [-0.05, 0) is 61.9 Å². The summed E-state index contributed by atoms with van der Waals surface area (Å²) < 4.78 is 5.35. The Labute approximate surface area is 234 Å². The Kier molecular flexibility index (Phi) is 10.7. The number of benzene rings is 2. The standard InChI is InChI=1S/C31H37N5O4/c32-19-7-6-14-26(34-31(39)24-12-4-5-13-24)28(37)29-35-27(40-36-29)21-23-15-17-25(18-16-23)30(38)33-20-8-11-22-9-2-1-3-10-22/h1-3,8-11,15-18,24,26H,4-7,12-14,19-21,32H2,(H,33,38)(H,34,39). The van der Waals surface area contributed by atoms with Gasteiger partial charge >= 0.3 is 0 Å². The first-order chi connectivity index (χ1) is 19.5. The minimum Gasteiger partial charge on any atom is -0.349 e. The van der Waals surface area contributed by atoms with Crippen molar-refractivity contribution in [2.75, 3.05) is 13.1 Å². The molecule has 1 aliphatic rings. The van der Waals surface area contributed by atoms with Crippen LogP contribution in [0.1, 0.15) is 82.9 Å². The molecule has 0 saturated heterocycles. The van der Waals surface area contributed by atoms with Crippen LogP contribution in [0.25, 0.3) is 6.08 Å². The van der Waals surface area contributed by atoms with Gasteiger partial charge in [0.05, 0.1) is 12.5 Å². The van der Waals surface area contributed by atoms with Crippen molar-refractivity contribution in [3.8, 4) is 0 Å². The molecular formula is C31H37N5O4. The van der Waals surface area contributed by atoms with Crippen LogP contribution in [0, 0.1) is 5.92 Å². The van der Waals surface area contributed by atoms with Gasteiger partial charge < -0.3 is 20.9 Å². The average molecular weight is 544 g/mol. The fourth-order valence-corrected chi connectivity index (χ4v) is 4.78. The maximum absolute atomic E-state index is 13.2. The van der Waals surface area contributed by atoms with Gasteiger partial charge in [-0.2, -0.15) is 4.98 Å². The summed E-state index contributed by atoms with van der Waals surface area (Å²) in [6, 6.07) is 16.3. The largest absolute Gasteiger partial charge is 0.349 e. The van der Waals surface area contributed by atoms with Crippen LogP contribution < -0.4 is 16.4 Å². The number of nitrogens with zero attached hydrogens (tertiary/aromatic N) is 2. The molecule has 0 spiro atoms. The zero-order chi connectivity index (χ0) is 28.2. The molecule has 1 aromatic heterocycles. The van der Waals surface area contributed by atoms with Gasteiger partial charge in [0.25, 0.3) is 5.91 Å². The normalized spacial score (nSPS) is 14.3.